The highest BCUT2D eigenvalue weighted by atomic mass is 32.2. The van der Waals surface area contributed by atoms with Crippen molar-refractivity contribution in [1.29, 1.82) is 0 Å². The van der Waals surface area contributed by atoms with Gasteiger partial charge in [-0.1, -0.05) is 27.2 Å². The van der Waals surface area contributed by atoms with Crippen LogP contribution in [0, 0.1) is 18.8 Å². The van der Waals surface area contributed by atoms with E-state index >= 15 is 0 Å². The second kappa shape index (κ2) is 9.44. The fraction of sp³-hybridized carbons (Fsp3) is 0.667. The minimum absolute atomic E-state index is 0.0422. The average Bonchev–Trinajstić information content (AvgIpc) is 2.97. The first-order valence-corrected chi connectivity index (χ1v) is 12.2. The maximum Gasteiger partial charge on any atom is 0.259 e. The highest BCUT2D eigenvalue weighted by Gasteiger charge is 2.21. The minimum Gasteiger partial charge on any atom is -0.342 e. The molecule has 0 aliphatic carbocycles. The molecule has 1 fully saturated rings. The summed E-state index contributed by atoms with van der Waals surface area (Å²) in [5.74, 6) is 3.00. The third kappa shape index (κ3) is 4.98. The highest BCUT2D eigenvalue weighted by Crippen LogP contribution is 2.30. The van der Waals surface area contributed by atoms with Crippen LogP contribution in [-0.2, 0) is 17.0 Å². The summed E-state index contributed by atoms with van der Waals surface area (Å²) in [4.78, 5) is 36.7. The Bertz CT molecular complexity index is 890. The number of nitrogens with zero attached hydrogens (tertiary/aromatic N) is 2. The maximum atomic E-state index is 12.7. The van der Waals surface area contributed by atoms with Crippen molar-refractivity contribution in [2.45, 2.75) is 59.1 Å². The second-order valence-corrected chi connectivity index (χ2v) is 10.3. The van der Waals surface area contributed by atoms with Gasteiger partial charge in [-0.25, -0.2) is 4.98 Å². The summed E-state index contributed by atoms with van der Waals surface area (Å²) in [7, 11) is 0. The van der Waals surface area contributed by atoms with Crippen LogP contribution in [0.25, 0.3) is 10.2 Å². The number of likely N-dealkylation sites (tertiary alicyclic amines) is 1. The van der Waals surface area contributed by atoms with E-state index in [1.54, 1.807) is 11.3 Å². The second-order valence-electron chi connectivity index (χ2n) is 8.13. The third-order valence-electron chi connectivity index (χ3n) is 5.64. The number of amides is 1. The Morgan fingerprint density at radius 3 is 2.96 bits per heavy atom. The Balaban J connectivity index is 1.66. The first kappa shape index (κ1) is 21.4. The molecule has 7 heteroatoms. The number of piperidine rings is 1. The molecule has 28 heavy (non-hydrogen) atoms. The van der Waals surface area contributed by atoms with Crippen molar-refractivity contribution in [2.24, 2.45) is 11.8 Å². The number of H-pyrrole nitrogens is 1. The van der Waals surface area contributed by atoms with E-state index in [0.717, 1.165) is 48.1 Å². The molecule has 1 aliphatic rings. The monoisotopic (exact) mass is 421 g/mol. The fourth-order valence-corrected chi connectivity index (χ4v) is 5.63. The Hall–Kier alpha value is -1.34. The van der Waals surface area contributed by atoms with Gasteiger partial charge in [-0.15, -0.1) is 23.1 Å². The molecule has 3 rings (SSSR count). The number of aromatic nitrogens is 2. The van der Waals surface area contributed by atoms with Gasteiger partial charge in [0.25, 0.3) is 5.56 Å². The lowest BCUT2D eigenvalue weighted by atomic mass is 9.98. The number of thioether (sulfide) groups is 1. The zero-order valence-electron chi connectivity index (χ0n) is 17.3. The summed E-state index contributed by atoms with van der Waals surface area (Å²) >= 11 is 3.14. The van der Waals surface area contributed by atoms with Gasteiger partial charge in [-0.3, -0.25) is 9.59 Å². The van der Waals surface area contributed by atoms with Crippen molar-refractivity contribution >= 4 is 39.2 Å². The third-order valence-corrected chi connectivity index (χ3v) is 7.61. The van der Waals surface area contributed by atoms with Gasteiger partial charge in [0.05, 0.1) is 16.9 Å². The van der Waals surface area contributed by atoms with E-state index in [0.29, 0.717) is 29.2 Å². The lowest BCUT2D eigenvalue weighted by Crippen LogP contribution is -2.40. The van der Waals surface area contributed by atoms with Crippen LogP contribution in [-0.4, -0.2) is 39.6 Å². The van der Waals surface area contributed by atoms with Gasteiger partial charge in [0.2, 0.25) is 5.91 Å². The Labute approximate surface area is 175 Å². The van der Waals surface area contributed by atoms with Crippen LogP contribution < -0.4 is 5.56 Å². The predicted octanol–water partition coefficient (Wildman–Crippen LogP) is 4.37. The van der Waals surface area contributed by atoms with Gasteiger partial charge < -0.3 is 9.88 Å². The summed E-state index contributed by atoms with van der Waals surface area (Å²) in [5.41, 5.74) is 1.11. The van der Waals surface area contributed by atoms with Gasteiger partial charge >= 0.3 is 0 Å². The highest BCUT2D eigenvalue weighted by molar-refractivity contribution is 7.99. The van der Waals surface area contributed by atoms with E-state index < -0.39 is 0 Å². The first-order chi connectivity index (χ1) is 13.4. The molecule has 1 amide bonds. The SMILES string of the molecule is CC[C@@H](C)Cc1c(C)sc2nc(CSCC(=O)N3CCC[C@H](C)C3)[nH]c(=O)c12. The zero-order chi connectivity index (χ0) is 20.3. The number of aryl methyl sites for hydroxylation is 1. The van der Waals surface area contributed by atoms with Crippen LogP contribution in [0.3, 0.4) is 0 Å². The molecule has 0 unspecified atom stereocenters. The van der Waals surface area contributed by atoms with E-state index in [9.17, 15) is 9.59 Å². The van der Waals surface area contributed by atoms with Crippen LogP contribution in [0.1, 0.15) is 56.3 Å². The zero-order valence-corrected chi connectivity index (χ0v) is 19.0. The molecule has 2 aromatic rings. The quantitative estimate of drug-likeness (QED) is 0.721. The molecule has 154 valence electrons. The Morgan fingerprint density at radius 2 is 2.25 bits per heavy atom. The van der Waals surface area contributed by atoms with E-state index in [1.165, 1.54) is 23.1 Å². The van der Waals surface area contributed by atoms with Crippen molar-refractivity contribution in [1.82, 2.24) is 14.9 Å². The van der Waals surface area contributed by atoms with Crippen molar-refractivity contribution in [3.63, 3.8) is 0 Å². The van der Waals surface area contributed by atoms with Crippen molar-refractivity contribution in [3.8, 4) is 0 Å². The van der Waals surface area contributed by atoms with E-state index in [1.807, 2.05) is 4.90 Å². The molecule has 0 aromatic carbocycles. The van der Waals surface area contributed by atoms with E-state index in [4.69, 9.17) is 0 Å². The summed E-state index contributed by atoms with van der Waals surface area (Å²) in [6.45, 7) is 10.4. The summed E-state index contributed by atoms with van der Waals surface area (Å²) in [5, 5.41) is 0.759. The van der Waals surface area contributed by atoms with Crippen LogP contribution in [0.4, 0.5) is 0 Å². The smallest absolute Gasteiger partial charge is 0.259 e. The van der Waals surface area contributed by atoms with Crippen LogP contribution in [0.15, 0.2) is 4.79 Å². The summed E-state index contributed by atoms with van der Waals surface area (Å²) < 4.78 is 0. The molecular formula is C21H31N3O2S2. The normalized spacial score (nSPS) is 18.6. The van der Waals surface area contributed by atoms with Crippen molar-refractivity contribution in [2.75, 3.05) is 18.8 Å². The molecule has 2 atom stereocenters. The van der Waals surface area contributed by atoms with Gasteiger partial charge in [-0.2, -0.15) is 0 Å². The topological polar surface area (TPSA) is 66.1 Å². The average molecular weight is 422 g/mol. The molecule has 3 heterocycles. The first-order valence-electron chi connectivity index (χ1n) is 10.3. The minimum atomic E-state index is -0.0422. The molecule has 1 aliphatic heterocycles. The molecule has 1 saturated heterocycles. The number of carbonyl (C=O) groups is 1. The Kier molecular flexibility index (Phi) is 7.20. The number of fused-ring (bicyclic) bond motifs is 1. The molecule has 0 spiro atoms. The van der Waals surface area contributed by atoms with Gasteiger partial charge in [0.1, 0.15) is 10.7 Å². The summed E-state index contributed by atoms with van der Waals surface area (Å²) in [6, 6.07) is 0. The standard InChI is InChI=1S/C21H31N3O2S2/c1-5-13(2)9-16-15(4)28-21-19(16)20(26)22-17(23-21)11-27-12-18(25)24-8-6-7-14(3)10-24/h13-14H,5-12H2,1-4H3,(H,22,23,26)/t13-,14+/m1/s1. The summed E-state index contributed by atoms with van der Waals surface area (Å²) in [6.07, 6.45) is 4.33. The van der Waals surface area contributed by atoms with Crippen molar-refractivity contribution in [3.05, 3.63) is 26.6 Å². The van der Waals surface area contributed by atoms with Crippen LogP contribution in [0.5, 0.6) is 0 Å². The number of hydrogen-bond donors (Lipinski definition) is 1. The van der Waals surface area contributed by atoms with Crippen LogP contribution >= 0.6 is 23.1 Å². The molecule has 0 saturated carbocycles. The lowest BCUT2D eigenvalue weighted by molar-refractivity contribution is -0.130. The fourth-order valence-electron chi connectivity index (χ4n) is 3.77. The number of aromatic amines is 1. The number of carbonyl (C=O) groups excluding carboxylic acids is 1. The van der Waals surface area contributed by atoms with Gasteiger partial charge in [0, 0.05) is 18.0 Å². The largest absolute Gasteiger partial charge is 0.342 e. The Morgan fingerprint density at radius 1 is 1.46 bits per heavy atom. The number of nitrogens with one attached hydrogen (secondary N) is 1. The molecule has 1 N–H and O–H groups in total. The maximum absolute atomic E-state index is 12.7. The van der Waals surface area contributed by atoms with Crippen LogP contribution in [0.2, 0.25) is 0 Å². The number of rotatable bonds is 7. The molecule has 5 nitrogen and oxygen atoms in total. The molecule has 2 aromatic heterocycles. The van der Waals surface area contributed by atoms with E-state index in [-0.39, 0.29) is 11.5 Å². The molecule has 0 bridgehead atoms. The number of hydrogen-bond acceptors (Lipinski definition) is 5. The van der Waals surface area contributed by atoms with Crippen molar-refractivity contribution < 1.29 is 4.79 Å². The van der Waals surface area contributed by atoms with Gasteiger partial charge in [-0.05, 0) is 43.6 Å². The molecular weight excluding hydrogens is 390 g/mol. The van der Waals surface area contributed by atoms with E-state index in [2.05, 4.69) is 37.7 Å². The number of thiophene rings is 1. The predicted molar refractivity (Wildman–Crippen MR) is 119 cm³/mol. The van der Waals surface area contributed by atoms with Gasteiger partial charge in [0.15, 0.2) is 0 Å². The lowest BCUT2D eigenvalue weighted by Gasteiger charge is -2.30. The molecule has 0 radical (unpaired) electrons.